The molecule has 1 heterocycles. The first-order valence-corrected chi connectivity index (χ1v) is 6.95. The predicted molar refractivity (Wildman–Crippen MR) is 78.2 cm³/mol. The molecule has 0 aliphatic rings. The highest BCUT2D eigenvalue weighted by molar-refractivity contribution is 6.32. The summed E-state index contributed by atoms with van der Waals surface area (Å²) in [6.45, 7) is 1.20. The summed E-state index contributed by atoms with van der Waals surface area (Å²) < 4.78 is 23.5. The maximum absolute atomic E-state index is 13.0. The number of nitrogens with one attached hydrogen (secondary N) is 1. The van der Waals surface area contributed by atoms with Crippen molar-refractivity contribution in [3.63, 3.8) is 0 Å². The van der Waals surface area contributed by atoms with Gasteiger partial charge in [0.15, 0.2) is 6.10 Å². The summed E-state index contributed by atoms with van der Waals surface area (Å²) in [6.07, 6.45) is 0.564. The maximum atomic E-state index is 13.0. The fourth-order valence-electron chi connectivity index (χ4n) is 1.80. The minimum Gasteiger partial charge on any atom is -0.479 e. The summed E-state index contributed by atoms with van der Waals surface area (Å²) in [4.78, 5) is 12.1. The van der Waals surface area contributed by atoms with Crippen molar-refractivity contribution in [2.45, 2.75) is 19.1 Å². The third-order valence-corrected chi connectivity index (χ3v) is 3.25. The number of aliphatic hydroxyl groups excluding tert-OH is 1. The molecule has 0 aliphatic carbocycles. The molecule has 2 aromatic rings. The van der Waals surface area contributed by atoms with E-state index in [1.165, 1.54) is 25.3 Å². The predicted octanol–water partition coefficient (Wildman–Crippen LogP) is 2.69. The third-order valence-electron chi connectivity index (χ3n) is 2.95. The van der Waals surface area contributed by atoms with Gasteiger partial charge < -0.3 is 19.6 Å². The molecule has 0 saturated carbocycles. The van der Waals surface area contributed by atoms with Gasteiger partial charge in [0.25, 0.3) is 5.91 Å². The van der Waals surface area contributed by atoms with E-state index in [9.17, 15) is 14.3 Å². The van der Waals surface area contributed by atoms with E-state index in [1.54, 1.807) is 12.1 Å². The number of aliphatic hydroxyl groups is 1. The number of hydrogen-bond donors (Lipinski definition) is 2. The number of furan rings is 1. The van der Waals surface area contributed by atoms with Crippen molar-refractivity contribution in [1.29, 1.82) is 0 Å². The minimum atomic E-state index is -0.882. The molecule has 1 aromatic carbocycles. The first kappa shape index (κ1) is 16.3. The zero-order valence-electron chi connectivity index (χ0n) is 11.8. The van der Waals surface area contributed by atoms with Gasteiger partial charge in [-0.3, -0.25) is 4.79 Å². The molecule has 22 heavy (non-hydrogen) atoms. The Hall–Kier alpha value is -2.05. The lowest BCUT2D eigenvalue weighted by Gasteiger charge is -2.19. The van der Waals surface area contributed by atoms with E-state index in [4.69, 9.17) is 20.8 Å². The van der Waals surface area contributed by atoms with Crippen LogP contribution in [0.2, 0.25) is 5.02 Å². The molecule has 0 aliphatic heterocycles. The molecule has 5 nitrogen and oxygen atoms in total. The van der Waals surface area contributed by atoms with Crippen molar-refractivity contribution >= 4 is 17.5 Å². The summed E-state index contributed by atoms with van der Waals surface area (Å²) >= 11 is 5.84. The van der Waals surface area contributed by atoms with Gasteiger partial charge in [-0.25, -0.2) is 4.39 Å². The van der Waals surface area contributed by atoms with Crippen LogP contribution in [-0.2, 0) is 4.79 Å². The summed E-state index contributed by atoms with van der Waals surface area (Å²) in [5.74, 6) is -0.324. The topological polar surface area (TPSA) is 71.7 Å². The SMILES string of the molecule is CC(Oc1ccc(F)cc1Cl)C(=O)NC(CO)c1ccco1. The van der Waals surface area contributed by atoms with Gasteiger partial charge in [0.2, 0.25) is 0 Å². The Bertz CT molecular complexity index is 632. The van der Waals surface area contributed by atoms with Crippen molar-refractivity contribution in [3.8, 4) is 5.75 Å². The average Bonchev–Trinajstić information content (AvgIpc) is 3.01. The lowest BCUT2D eigenvalue weighted by molar-refractivity contribution is -0.128. The maximum Gasteiger partial charge on any atom is 0.261 e. The Labute approximate surface area is 131 Å². The van der Waals surface area contributed by atoms with Crippen LogP contribution in [0.1, 0.15) is 18.7 Å². The van der Waals surface area contributed by atoms with Gasteiger partial charge in [0.05, 0.1) is 17.9 Å². The fourth-order valence-corrected chi connectivity index (χ4v) is 2.01. The molecule has 7 heteroatoms. The number of benzene rings is 1. The van der Waals surface area contributed by atoms with Crippen LogP contribution in [0.25, 0.3) is 0 Å². The Morgan fingerprint density at radius 3 is 2.86 bits per heavy atom. The van der Waals surface area contributed by atoms with Crippen molar-refractivity contribution in [1.82, 2.24) is 5.32 Å². The number of carbonyl (C=O) groups is 1. The Morgan fingerprint density at radius 1 is 1.50 bits per heavy atom. The molecule has 2 atom stereocenters. The monoisotopic (exact) mass is 327 g/mol. The van der Waals surface area contributed by atoms with Gasteiger partial charge in [0.1, 0.15) is 23.4 Å². The van der Waals surface area contributed by atoms with E-state index < -0.39 is 23.9 Å². The van der Waals surface area contributed by atoms with Gasteiger partial charge in [-0.1, -0.05) is 11.6 Å². The van der Waals surface area contributed by atoms with Gasteiger partial charge in [-0.15, -0.1) is 0 Å². The Morgan fingerprint density at radius 2 is 2.27 bits per heavy atom. The smallest absolute Gasteiger partial charge is 0.261 e. The van der Waals surface area contributed by atoms with Crippen LogP contribution >= 0.6 is 11.6 Å². The Balaban J connectivity index is 1.99. The molecule has 0 fully saturated rings. The number of rotatable bonds is 6. The van der Waals surface area contributed by atoms with Crippen molar-refractivity contribution < 1.29 is 23.4 Å². The van der Waals surface area contributed by atoms with Crippen LogP contribution in [0.5, 0.6) is 5.75 Å². The van der Waals surface area contributed by atoms with E-state index in [2.05, 4.69) is 5.32 Å². The number of halogens is 2. The van der Waals surface area contributed by atoms with Crippen molar-refractivity contribution in [3.05, 3.63) is 53.2 Å². The summed E-state index contributed by atoms with van der Waals surface area (Å²) in [5, 5.41) is 12.0. The van der Waals surface area contributed by atoms with Crippen LogP contribution in [0.4, 0.5) is 4.39 Å². The summed E-state index contributed by atoms with van der Waals surface area (Å²) in [5.41, 5.74) is 0. The van der Waals surface area contributed by atoms with Crippen LogP contribution < -0.4 is 10.1 Å². The van der Waals surface area contributed by atoms with Gasteiger partial charge in [-0.05, 0) is 37.3 Å². The molecule has 1 amide bonds. The average molecular weight is 328 g/mol. The van der Waals surface area contributed by atoms with Crippen LogP contribution in [0.15, 0.2) is 41.0 Å². The number of ether oxygens (including phenoxy) is 1. The quantitative estimate of drug-likeness (QED) is 0.855. The van der Waals surface area contributed by atoms with E-state index in [0.717, 1.165) is 6.07 Å². The van der Waals surface area contributed by atoms with E-state index in [0.29, 0.717) is 5.76 Å². The van der Waals surface area contributed by atoms with Gasteiger partial charge in [0, 0.05) is 0 Å². The van der Waals surface area contributed by atoms with Gasteiger partial charge >= 0.3 is 0 Å². The first-order chi connectivity index (χ1) is 10.5. The fraction of sp³-hybridized carbons (Fsp3) is 0.267. The first-order valence-electron chi connectivity index (χ1n) is 6.57. The largest absolute Gasteiger partial charge is 0.479 e. The highest BCUT2D eigenvalue weighted by Gasteiger charge is 2.22. The zero-order chi connectivity index (χ0) is 16.1. The van der Waals surface area contributed by atoms with Gasteiger partial charge in [-0.2, -0.15) is 0 Å². The van der Waals surface area contributed by atoms with Crippen molar-refractivity contribution in [2.24, 2.45) is 0 Å². The molecule has 118 valence electrons. The minimum absolute atomic E-state index is 0.0735. The molecular weight excluding hydrogens is 313 g/mol. The number of hydrogen-bond acceptors (Lipinski definition) is 4. The highest BCUT2D eigenvalue weighted by atomic mass is 35.5. The molecule has 2 N–H and O–H groups in total. The second-order valence-electron chi connectivity index (χ2n) is 4.59. The highest BCUT2D eigenvalue weighted by Crippen LogP contribution is 2.26. The normalized spacial score (nSPS) is 13.5. The van der Waals surface area contributed by atoms with Crippen LogP contribution in [0.3, 0.4) is 0 Å². The van der Waals surface area contributed by atoms with Crippen molar-refractivity contribution in [2.75, 3.05) is 6.61 Å². The van der Waals surface area contributed by atoms with E-state index >= 15 is 0 Å². The second-order valence-corrected chi connectivity index (χ2v) is 5.00. The molecule has 0 bridgehead atoms. The summed E-state index contributed by atoms with van der Waals surface area (Å²) in [7, 11) is 0. The summed E-state index contributed by atoms with van der Waals surface area (Å²) in [6, 6.07) is 6.26. The third kappa shape index (κ3) is 3.99. The molecule has 0 radical (unpaired) electrons. The Kier molecular flexibility index (Phi) is 5.41. The standard InChI is InChI=1S/C15H15ClFNO4/c1-9(22-13-5-4-10(17)7-11(13)16)15(20)18-12(8-19)14-3-2-6-21-14/h2-7,9,12,19H,8H2,1H3,(H,18,20). The van der Waals surface area contributed by atoms with Crippen LogP contribution in [0, 0.1) is 5.82 Å². The number of carbonyl (C=O) groups excluding carboxylic acids is 1. The van der Waals surface area contributed by atoms with E-state index in [1.807, 2.05) is 0 Å². The molecule has 0 saturated heterocycles. The number of amides is 1. The van der Waals surface area contributed by atoms with E-state index in [-0.39, 0.29) is 17.4 Å². The molecule has 1 aromatic heterocycles. The lowest BCUT2D eigenvalue weighted by atomic mass is 10.2. The second kappa shape index (κ2) is 7.29. The molecular formula is C15H15ClFNO4. The lowest BCUT2D eigenvalue weighted by Crippen LogP contribution is -2.39. The molecule has 2 unspecified atom stereocenters. The van der Waals surface area contributed by atoms with Crippen LogP contribution in [-0.4, -0.2) is 23.7 Å². The molecule has 0 spiro atoms. The molecule has 2 rings (SSSR count). The zero-order valence-corrected chi connectivity index (χ0v) is 12.5.